The van der Waals surface area contributed by atoms with Crippen LogP contribution in [0.1, 0.15) is 16.1 Å². The first-order valence-corrected chi connectivity index (χ1v) is 5.99. The summed E-state index contributed by atoms with van der Waals surface area (Å²) in [6.45, 7) is 2.04. The van der Waals surface area contributed by atoms with E-state index in [2.05, 4.69) is 10.3 Å². The standard InChI is InChI=1S/C12H12N4O5/c1-8-3-2-4-10(16(19)20)11(8)21-6-5-15-7-9(12(17)18)13-14-15/h2-4,7H,5-6H2,1H3,(H,17,18). The molecule has 9 heteroatoms. The minimum absolute atomic E-state index is 0.105. The summed E-state index contributed by atoms with van der Waals surface area (Å²) in [5.41, 5.74) is 0.366. The van der Waals surface area contributed by atoms with Gasteiger partial charge in [-0.3, -0.25) is 10.1 Å². The molecule has 0 unspecified atom stereocenters. The third-order valence-corrected chi connectivity index (χ3v) is 2.71. The normalized spacial score (nSPS) is 10.3. The Balaban J connectivity index is 2.03. The molecular weight excluding hydrogens is 280 g/mol. The number of aromatic carboxylic acids is 1. The van der Waals surface area contributed by atoms with E-state index in [0.29, 0.717) is 5.56 Å². The van der Waals surface area contributed by atoms with Gasteiger partial charge in [0.05, 0.1) is 17.7 Å². The summed E-state index contributed by atoms with van der Waals surface area (Å²) >= 11 is 0. The maximum absolute atomic E-state index is 10.9. The fourth-order valence-corrected chi connectivity index (χ4v) is 1.72. The number of hydrogen-bond acceptors (Lipinski definition) is 6. The topological polar surface area (TPSA) is 120 Å². The van der Waals surface area contributed by atoms with Crippen molar-refractivity contribution in [1.82, 2.24) is 15.0 Å². The number of hydrogen-bond donors (Lipinski definition) is 1. The van der Waals surface area contributed by atoms with Gasteiger partial charge < -0.3 is 9.84 Å². The monoisotopic (exact) mass is 292 g/mol. The Morgan fingerprint density at radius 1 is 1.52 bits per heavy atom. The van der Waals surface area contributed by atoms with Gasteiger partial charge in [0.25, 0.3) is 0 Å². The number of aromatic nitrogens is 3. The molecule has 1 N–H and O–H groups in total. The maximum Gasteiger partial charge on any atom is 0.358 e. The van der Waals surface area contributed by atoms with Gasteiger partial charge in [-0.15, -0.1) is 5.10 Å². The molecule has 0 aliphatic carbocycles. The zero-order valence-corrected chi connectivity index (χ0v) is 11.1. The van der Waals surface area contributed by atoms with Crippen molar-refractivity contribution in [1.29, 1.82) is 0 Å². The van der Waals surface area contributed by atoms with Crippen molar-refractivity contribution in [3.63, 3.8) is 0 Å². The van der Waals surface area contributed by atoms with Crippen molar-refractivity contribution in [3.05, 3.63) is 45.8 Å². The summed E-state index contributed by atoms with van der Waals surface area (Å²) < 4.78 is 6.72. The average molecular weight is 292 g/mol. The van der Waals surface area contributed by atoms with Crippen molar-refractivity contribution in [2.45, 2.75) is 13.5 Å². The second-order valence-corrected chi connectivity index (χ2v) is 4.20. The second kappa shape index (κ2) is 5.99. The highest BCUT2D eigenvalue weighted by atomic mass is 16.6. The zero-order chi connectivity index (χ0) is 15.4. The minimum Gasteiger partial charge on any atom is -0.485 e. The molecule has 0 fully saturated rings. The van der Waals surface area contributed by atoms with Crippen molar-refractivity contribution in [3.8, 4) is 5.75 Å². The van der Waals surface area contributed by atoms with Crippen LogP contribution in [-0.2, 0) is 6.54 Å². The van der Waals surface area contributed by atoms with Crippen LogP contribution in [0.15, 0.2) is 24.4 Å². The van der Waals surface area contributed by atoms with Gasteiger partial charge in [-0.25, -0.2) is 9.48 Å². The SMILES string of the molecule is Cc1cccc([N+](=O)[O-])c1OCCn1cc(C(=O)O)nn1. The van der Waals surface area contributed by atoms with Crippen LogP contribution in [0.3, 0.4) is 0 Å². The van der Waals surface area contributed by atoms with E-state index in [1.807, 2.05) is 0 Å². The lowest BCUT2D eigenvalue weighted by Crippen LogP contribution is -2.10. The highest BCUT2D eigenvalue weighted by Gasteiger charge is 2.17. The van der Waals surface area contributed by atoms with Crippen molar-refractivity contribution in [2.24, 2.45) is 0 Å². The molecule has 0 aliphatic rings. The third-order valence-electron chi connectivity index (χ3n) is 2.71. The number of nitro benzene ring substituents is 1. The van der Waals surface area contributed by atoms with Crippen molar-refractivity contribution < 1.29 is 19.6 Å². The summed E-state index contributed by atoms with van der Waals surface area (Å²) in [7, 11) is 0. The molecule has 1 aromatic carbocycles. The molecule has 110 valence electrons. The lowest BCUT2D eigenvalue weighted by atomic mass is 10.2. The van der Waals surface area contributed by atoms with Crippen molar-refractivity contribution >= 4 is 11.7 Å². The molecular formula is C12H12N4O5. The molecule has 0 amide bonds. The van der Waals surface area contributed by atoms with E-state index in [1.54, 1.807) is 19.1 Å². The lowest BCUT2D eigenvalue weighted by molar-refractivity contribution is -0.385. The molecule has 0 saturated heterocycles. The Bertz CT molecular complexity index is 682. The lowest BCUT2D eigenvalue weighted by Gasteiger charge is -2.09. The molecule has 0 spiro atoms. The quantitative estimate of drug-likeness (QED) is 0.628. The number of rotatable bonds is 6. The number of carboxylic acid groups (broad SMARTS) is 1. The summed E-state index contributed by atoms with van der Waals surface area (Å²) in [5, 5.41) is 26.7. The predicted octanol–water partition coefficient (Wildman–Crippen LogP) is 1.27. The van der Waals surface area contributed by atoms with Gasteiger partial charge in [0, 0.05) is 6.07 Å². The Morgan fingerprint density at radius 2 is 2.29 bits per heavy atom. The number of carboxylic acids is 1. The van der Waals surface area contributed by atoms with Crippen LogP contribution in [-0.4, -0.2) is 37.6 Å². The smallest absolute Gasteiger partial charge is 0.358 e. The number of ether oxygens (including phenoxy) is 1. The molecule has 0 bridgehead atoms. The van der Waals surface area contributed by atoms with Crippen molar-refractivity contribution in [2.75, 3.05) is 6.61 Å². The van der Waals surface area contributed by atoms with Gasteiger partial charge in [0.2, 0.25) is 0 Å². The molecule has 21 heavy (non-hydrogen) atoms. The molecule has 9 nitrogen and oxygen atoms in total. The summed E-state index contributed by atoms with van der Waals surface area (Å²) in [5.74, 6) is -0.974. The zero-order valence-electron chi connectivity index (χ0n) is 11.1. The molecule has 2 rings (SSSR count). The number of nitrogens with zero attached hydrogens (tertiary/aromatic N) is 4. The Morgan fingerprint density at radius 3 is 2.90 bits per heavy atom. The maximum atomic E-state index is 10.9. The first-order chi connectivity index (χ1) is 9.99. The fraction of sp³-hybridized carbons (Fsp3) is 0.250. The van der Waals surface area contributed by atoms with Crippen LogP contribution in [0.5, 0.6) is 5.75 Å². The van der Waals surface area contributed by atoms with Gasteiger partial charge in [-0.2, -0.15) is 0 Å². The van der Waals surface area contributed by atoms with Crippen LogP contribution in [0.4, 0.5) is 5.69 Å². The second-order valence-electron chi connectivity index (χ2n) is 4.20. The van der Waals surface area contributed by atoms with E-state index in [4.69, 9.17) is 9.84 Å². The number of benzene rings is 1. The summed E-state index contributed by atoms with van der Waals surface area (Å²) in [6.07, 6.45) is 1.26. The number of aryl methyl sites for hydroxylation is 1. The van der Waals surface area contributed by atoms with Crippen LogP contribution in [0.2, 0.25) is 0 Å². The average Bonchev–Trinajstić information content (AvgIpc) is 2.89. The minimum atomic E-state index is -1.17. The number of carbonyl (C=O) groups is 1. The fourth-order valence-electron chi connectivity index (χ4n) is 1.72. The Kier molecular flexibility index (Phi) is 4.12. The molecule has 0 aliphatic heterocycles. The van der Waals surface area contributed by atoms with Crippen LogP contribution in [0.25, 0.3) is 0 Å². The highest BCUT2D eigenvalue weighted by Crippen LogP contribution is 2.30. The first kappa shape index (κ1) is 14.4. The van der Waals surface area contributed by atoms with Crippen LogP contribution >= 0.6 is 0 Å². The van der Waals surface area contributed by atoms with Crippen LogP contribution < -0.4 is 4.74 Å². The van der Waals surface area contributed by atoms with Gasteiger partial charge in [0.15, 0.2) is 11.4 Å². The summed E-state index contributed by atoms with van der Waals surface area (Å²) in [4.78, 5) is 21.1. The Hall–Kier alpha value is -2.97. The van der Waals surface area contributed by atoms with E-state index >= 15 is 0 Å². The van der Waals surface area contributed by atoms with Crippen LogP contribution in [0, 0.1) is 17.0 Å². The molecule has 1 aromatic heterocycles. The van der Waals surface area contributed by atoms with E-state index < -0.39 is 10.9 Å². The molecule has 0 atom stereocenters. The van der Waals surface area contributed by atoms with Gasteiger partial charge in [-0.05, 0) is 12.5 Å². The first-order valence-electron chi connectivity index (χ1n) is 5.99. The van der Waals surface area contributed by atoms with Gasteiger partial charge in [0.1, 0.15) is 6.61 Å². The van der Waals surface area contributed by atoms with Gasteiger partial charge >= 0.3 is 11.7 Å². The number of para-hydroxylation sites is 1. The predicted molar refractivity (Wildman–Crippen MR) is 70.3 cm³/mol. The number of nitro groups is 1. The van der Waals surface area contributed by atoms with Gasteiger partial charge in [-0.1, -0.05) is 17.3 Å². The van der Waals surface area contributed by atoms with E-state index in [9.17, 15) is 14.9 Å². The molecule has 2 aromatic rings. The summed E-state index contributed by atoms with van der Waals surface area (Å²) in [6, 6.07) is 4.65. The van der Waals surface area contributed by atoms with E-state index in [1.165, 1.54) is 16.9 Å². The molecule has 0 saturated carbocycles. The third kappa shape index (κ3) is 3.32. The highest BCUT2D eigenvalue weighted by molar-refractivity contribution is 5.84. The van der Waals surface area contributed by atoms with E-state index in [0.717, 1.165) is 0 Å². The molecule has 1 heterocycles. The largest absolute Gasteiger partial charge is 0.485 e. The molecule has 0 radical (unpaired) electrons. The van der Waals surface area contributed by atoms with E-state index in [-0.39, 0.29) is 30.3 Å². The Labute approximate surface area is 118 Å².